The van der Waals surface area contributed by atoms with Crippen molar-refractivity contribution in [1.29, 1.82) is 0 Å². The first-order valence-corrected chi connectivity index (χ1v) is 8.72. The number of aryl methyl sites for hydroxylation is 1. The van der Waals surface area contributed by atoms with Crippen LogP contribution in [-0.4, -0.2) is 28.9 Å². The molecule has 1 aliphatic heterocycles. The smallest absolute Gasteiger partial charge is 0.198 e. The third-order valence-corrected chi connectivity index (χ3v) is 4.67. The van der Waals surface area contributed by atoms with E-state index in [9.17, 15) is 0 Å². The molecule has 1 aromatic carbocycles. The fourth-order valence-corrected chi connectivity index (χ4v) is 3.29. The Kier molecular flexibility index (Phi) is 7.29. The van der Waals surface area contributed by atoms with Crippen LogP contribution < -0.4 is 5.32 Å². The lowest BCUT2D eigenvalue weighted by Crippen LogP contribution is -2.40. The number of nitrogens with zero attached hydrogens (tertiary/aromatic N) is 3. The van der Waals surface area contributed by atoms with Crippen molar-refractivity contribution in [3.63, 3.8) is 0 Å². The summed E-state index contributed by atoms with van der Waals surface area (Å²) in [7, 11) is 0. The average Bonchev–Trinajstić information content (AvgIpc) is 2.99. The van der Waals surface area contributed by atoms with Gasteiger partial charge in [-0.2, -0.15) is 0 Å². The molecule has 0 amide bonds. The first-order chi connectivity index (χ1) is 10.8. The molecule has 0 aliphatic carbocycles. The van der Waals surface area contributed by atoms with E-state index in [1.54, 1.807) is 11.3 Å². The number of nitrogens with one attached hydrogen (secondary N) is 1. The molecule has 2 aromatic rings. The van der Waals surface area contributed by atoms with E-state index < -0.39 is 0 Å². The van der Waals surface area contributed by atoms with Gasteiger partial charge in [-0.1, -0.05) is 18.2 Å². The van der Waals surface area contributed by atoms with Crippen LogP contribution in [-0.2, 0) is 6.54 Å². The number of thiazole rings is 1. The van der Waals surface area contributed by atoms with Crippen molar-refractivity contribution < 1.29 is 0 Å². The Hall–Kier alpha value is -1.15. The topological polar surface area (TPSA) is 40.5 Å². The molecule has 1 aromatic heterocycles. The Morgan fingerprint density at radius 3 is 2.61 bits per heavy atom. The van der Waals surface area contributed by atoms with Gasteiger partial charge in [-0.05, 0) is 38.3 Å². The fourth-order valence-electron chi connectivity index (χ4n) is 2.59. The second kappa shape index (κ2) is 9.22. The van der Waals surface area contributed by atoms with E-state index in [1.807, 2.05) is 25.1 Å². The maximum Gasteiger partial charge on any atom is 0.198 e. The molecule has 0 saturated carbocycles. The summed E-state index contributed by atoms with van der Waals surface area (Å²) in [5, 5.41) is 6.63. The molecule has 1 N–H and O–H groups in total. The van der Waals surface area contributed by atoms with E-state index in [-0.39, 0.29) is 24.0 Å². The van der Waals surface area contributed by atoms with Crippen molar-refractivity contribution in [2.24, 2.45) is 4.99 Å². The predicted molar refractivity (Wildman–Crippen MR) is 109 cm³/mol. The van der Waals surface area contributed by atoms with Crippen LogP contribution in [0.25, 0.3) is 0 Å². The van der Waals surface area contributed by atoms with Gasteiger partial charge in [0.2, 0.25) is 0 Å². The number of benzene rings is 1. The van der Waals surface area contributed by atoms with Crippen LogP contribution in [0.15, 0.2) is 40.7 Å². The number of anilines is 1. The summed E-state index contributed by atoms with van der Waals surface area (Å²) < 4.78 is 0. The number of para-hydroxylation sites is 1. The predicted octanol–water partition coefficient (Wildman–Crippen LogP) is 4.52. The summed E-state index contributed by atoms with van der Waals surface area (Å²) in [6.45, 7) is 4.83. The maximum absolute atomic E-state index is 4.81. The first-order valence-electron chi connectivity index (χ1n) is 7.84. The SMILES string of the molecule is Cc1csc(CN=C(Nc2ccccc2)N2CCCCC2)n1.I. The highest BCUT2D eigenvalue weighted by Gasteiger charge is 2.15. The Morgan fingerprint density at radius 1 is 1.22 bits per heavy atom. The van der Waals surface area contributed by atoms with E-state index in [0.717, 1.165) is 35.4 Å². The number of rotatable bonds is 3. The van der Waals surface area contributed by atoms with Crippen molar-refractivity contribution in [1.82, 2.24) is 9.88 Å². The van der Waals surface area contributed by atoms with Crippen molar-refractivity contribution in [3.05, 3.63) is 46.4 Å². The molecule has 1 fully saturated rings. The van der Waals surface area contributed by atoms with Gasteiger partial charge in [0.1, 0.15) is 5.01 Å². The first kappa shape index (κ1) is 18.2. The van der Waals surface area contributed by atoms with Crippen LogP contribution >= 0.6 is 35.3 Å². The lowest BCUT2D eigenvalue weighted by Gasteiger charge is -2.30. The van der Waals surface area contributed by atoms with Gasteiger partial charge in [0.15, 0.2) is 5.96 Å². The lowest BCUT2D eigenvalue weighted by atomic mass is 10.1. The Labute approximate surface area is 159 Å². The van der Waals surface area contributed by atoms with Gasteiger partial charge in [-0.3, -0.25) is 0 Å². The van der Waals surface area contributed by atoms with Crippen LogP contribution in [0, 0.1) is 6.92 Å². The molecule has 4 nitrogen and oxygen atoms in total. The number of aromatic nitrogens is 1. The molecule has 124 valence electrons. The van der Waals surface area contributed by atoms with Crippen LogP contribution in [0.1, 0.15) is 30.0 Å². The summed E-state index contributed by atoms with van der Waals surface area (Å²) in [6, 6.07) is 10.3. The molecular weight excluding hydrogens is 419 g/mol. The van der Waals surface area contributed by atoms with Crippen LogP contribution in [0.4, 0.5) is 5.69 Å². The number of hydrogen-bond acceptors (Lipinski definition) is 3. The average molecular weight is 442 g/mol. The summed E-state index contributed by atoms with van der Waals surface area (Å²) in [4.78, 5) is 11.7. The van der Waals surface area contributed by atoms with Gasteiger partial charge in [-0.15, -0.1) is 35.3 Å². The molecule has 1 saturated heterocycles. The van der Waals surface area contributed by atoms with E-state index >= 15 is 0 Å². The van der Waals surface area contributed by atoms with Gasteiger partial charge < -0.3 is 10.2 Å². The highest BCUT2D eigenvalue weighted by atomic mass is 127. The maximum atomic E-state index is 4.81. The minimum absolute atomic E-state index is 0. The number of likely N-dealkylation sites (tertiary alicyclic amines) is 1. The molecule has 0 spiro atoms. The molecule has 1 aliphatic rings. The molecule has 0 radical (unpaired) electrons. The van der Waals surface area contributed by atoms with Crippen LogP contribution in [0.3, 0.4) is 0 Å². The van der Waals surface area contributed by atoms with E-state index in [1.165, 1.54) is 19.3 Å². The summed E-state index contributed by atoms with van der Waals surface area (Å²) in [5.41, 5.74) is 2.16. The second-order valence-electron chi connectivity index (χ2n) is 5.56. The zero-order valence-corrected chi connectivity index (χ0v) is 16.5. The normalized spacial score (nSPS) is 15.2. The van der Waals surface area contributed by atoms with Gasteiger partial charge >= 0.3 is 0 Å². The van der Waals surface area contributed by atoms with Gasteiger partial charge in [-0.25, -0.2) is 9.98 Å². The quantitative estimate of drug-likeness (QED) is 0.432. The molecule has 0 bridgehead atoms. The standard InChI is InChI=1S/C17H22N4S.HI/c1-14-13-22-16(19-14)12-18-17(21-10-6-3-7-11-21)20-15-8-4-2-5-9-15;/h2,4-5,8-9,13H,3,6-7,10-12H2,1H3,(H,18,20);1H. The minimum atomic E-state index is 0. The Balaban J connectivity index is 0.00000192. The number of guanidine groups is 1. The lowest BCUT2D eigenvalue weighted by molar-refractivity contribution is 0.340. The van der Waals surface area contributed by atoms with Crippen molar-refractivity contribution >= 4 is 47.0 Å². The van der Waals surface area contributed by atoms with Crippen molar-refractivity contribution in [2.45, 2.75) is 32.7 Å². The van der Waals surface area contributed by atoms with Gasteiger partial charge in [0.25, 0.3) is 0 Å². The molecule has 0 atom stereocenters. The second-order valence-corrected chi connectivity index (χ2v) is 6.50. The van der Waals surface area contributed by atoms with Crippen LogP contribution in [0.5, 0.6) is 0 Å². The number of hydrogen-bond donors (Lipinski definition) is 1. The van der Waals surface area contributed by atoms with E-state index in [4.69, 9.17) is 4.99 Å². The highest BCUT2D eigenvalue weighted by Crippen LogP contribution is 2.14. The molecule has 23 heavy (non-hydrogen) atoms. The summed E-state index contributed by atoms with van der Waals surface area (Å²) in [6.07, 6.45) is 3.80. The molecular formula is C17H23IN4S. The number of piperidine rings is 1. The van der Waals surface area contributed by atoms with Crippen molar-refractivity contribution in [2.75, 3.05) is 18.4 Å². The Bertz CT molecular complexity index is 621. The summed E-state index contributed by atoms with van der Waals surface area (Å²) >= 11 is 1.68. The number of aliphatic imine (C=N–C) groups is 1. The minimum Gasteiger partial charge on any atom is -0.343 e. The third-order valence-electron chi connectivity index (χ3n) is 3.72. The van der Waals surface area contributed by atoms with Gasteiger partial charge in [0, 0.05) is 29.9 Å². The zero-order valence-electron chi connectivity index (χ0n) is 13.4. The van der Waals surface area contributed by atoms with E-state index in [2.05, 4.69) is 32.7 Å². The van der Waals surface area contributed by atoms with E-state index in [0.29, 0.717) is 6.54 Å². The van der Waals surface area contributed by atoms with Crippen LogP contribution in [0.2, 0.25) is 0 Å². The molecule has 2 heterocycles. The number of halogens is 1. The highest BCUT2D eigenvalue weighted by molar-refractivity contribution is 14.0. The monoisotopic (exact) mass is 442 g/mol. The summed E-state index contributed by atoms with van der Waals surface area (Å²) in [5.74, 6) is 0.971. The molecule has 0 unspecified atom stereocenters. The molecule has 3 rings (SSSR count). The zero-order chi connectivity index (χ0) is 15.2. The van der Waals surface area contributed by atoms with Gasteiger partial charge in [0.05, 0.1) is 6.54 Å². The Morgan fingerprint density at radius 2 is 1.96 bits per heavy atom. The molecule has 6 heteroatoms. The fraction of sp³-hybridized carbons (Fsp3) is 0.412. The largest absolute Gasteiger partial charge is 0.343 e. The third kappa shape index (κ3) is 5.46. The van der Waals surface area contributed by atoms with Crippen molar-refractivity contribution in [3.8, 4) is 0 Å².